The third-order valence-corrected chi connectivity index (χ3v) is 6.89. The van der Waals surface area contributed by atoms with Crippen molar-refractivity contribution in [1.82, 2.24) is 14.5 Å². The predicted octanol–water partition coefficient (Wildman–Crippen LogP) is 4.32. The van der Waals surface area contributed by atoms with Gasteiger partial charge in [0.25, 0.3) is 5.91 Å². The molecule has 0 radical (unpaired) electrons. The van der Waals surface area contributed by atoms with Gasteiger partial charge in [0.05, 0.1) is 28.3 Å². The van der Waals surface area contributed by atoms with Gasteiger partial charge < -0.3 is 14.8 Å². The number of nitrogens with one attached hydrogen (secondary N) is 1. The van der Waals surface area contributed by atoms with Crippen molar-refractivity contribution in [1.29, 1.82) is 0 Å². The number of nitrogens with zero attached hydrogens (tertiary/aromatic N) is 3. The van der Waals surface area contributed by atoms with Gasteiger partial charge in [-0.15, -0.1) is 0 Å². The van der Waals surface area contributed by atoms with Gasteiger partial charge in [-0.2, -0.15) is 10.6 Å². The number of aromatic nitrogens is 2. The van der Waals surface area contributed by atoms with E-state index in [4.69, 9.17) is 11.6 Å². The zero-order chi connectivity index (χ0) is 20.8. The van der Waals surface area contributed by atoms with Crippen LogP contribution >= 0.6 is 22.2 Å². The highest BCUT2D eigenvalue weighted by Gasteiger charge is 2.28. The molecule has 1 aliphatic rings. The Morgan fingerprint density at radius 1 is 1.28 bits per heavy atom. The number of hydrogen-bond acceptors (Lipinski definition) is 5. The molecule has 1 saturated heterocycles. The maximum atomic E-state index is 14.2. The molecule has 4 rings (SSSR count). The highest BCUT2D eigenvalue weighted by Crippen LogP contribution is 2.40. The van der Waals surface area contributed by atoms with Crippen molar-refractivity contribution in [2.75, 3.05) is 29.9 Å². The zero-order valence-corrected chi connectivity index (χ0v) is 17.2. The quantitative estimate of drug-likeness (QED) is 0.566. The number of fused-ring (bicyclic) bond motifs is 1. The summed E-state index contributed by atoms with van der Waals surface area (Å²) in [7, 11) is -0.771. The average Bonchev–Trinajstić information content (AvgIpc) is 3.06. The number of amides is 1. The molecule has 154 valence electrons. The number of carbonyl (C=O) groups excluding carboxylic acids is 1. The molecule has 1 amide bonds. The number of aryl methyl sites for hydroxylation is 1. The second-order valence-electron chi connectivity index (χ2n) is 6.96. The summed E-state index contributed by atoms with van der Waals surface area (Å²) < 4.78 is 35.5. The summed E-state index contributed by atoms with van der Waals surface area (Å²) in [5, 5.41) is 3.94. The van der Waals surface area contributed by atoms with Gasteiger partial charge in [0.15, 0.2) is 0 Å². The number of benzene rings is 1. The minimum absolute atomic E-state index is 0.179. The Hall–Kier alpha value is -2.33. The molecule has 3 N–H and O–H groups in total. The molecule has 0 bridgehead atoms. The summed E-state index contributed by atoms with van der Waals surface area (Å²) in [5.74, 6) is 0.0565. The topological polar surface area (TPSA) is 90.6 Å². The van der Waals surface area contributed by atoms with Crippen LogP contribution in [0.25, 0.3) is 10.9 Å². The zero-order valence-electron chi connectivity index (χ0n) is 15.6. The maximum absolute atomic E-state index is 14.2. The molecule has 29 heavy (non-hydrogen) atoms. The lowest BCUT2D eigenvalue weighted by Crippen LogP contribution is -2.42. The molecule has 10 heteroatoms. The lowest BCUT2D eigenvalue weighted by molar-refractivity contribution is 0.0769. The van der Waals surface area contributed by atoms with Crippen LogP contribution in [0.3, 0.4) is 0 Å². The average molecular weight is 439 g/mol. The minimum Gasteiger partial charge on any atom is -0.350 e. The molecule has 1 aromatic carbocycles. The molecular weight excluding hydrogens is 419 g/mol. The smallest absolute Gasteiger partial charge is 0.257 e. The van der Waals surface area contributed by atoms with Crippen LogP contribution in [0.5, 0.6) is 0 Å². The normalized spacial score (nSPS) is 17.3. The van der Waals surface area contributed by atoms with Crippen molar-refractivity contribution in [3.63, 3.8) is 0 Å². The minimum atomic E-state index is -2.59. The molecule has 0 spiro atoms. The Kier molecular flexibility index (Phi) is 5.16. The fraction of sp³-hybridized carbons (Fsp3) is 0.263. The monoisotopic (exact) mass is 438 g/mol. The van der Waals surface area contributed by atoms with E-state index in [-0.39, 0.29) is 36.2 Å². The van der Waals surface area contributed by atoms with Gasteiger partial charge >= 0.3 is 0 Å². The van der Waals surface area contributed by atoms with E-state index in [1.165, 1.54) is 18.3 Å². The molecule has 0 aliphatic carbocycles. The van der Waals surface area contributed by atoms with E-state index in [2.05, 4.69) is 10.3 Å². The lowest BCUT2D eigenvalue weighted by Gasteiger charge is -2.40. The van der Waals surface area contributed by atoms with Gasteiger partial charge in [-0.25, -0.2) is 9.37 Å². The third-order valence-electron chi connectivity index (χ3n) is 4.98. The van der Waals surface area contributed by atoms with E-state index in [0.29, 0.717) is 27.3 Å². The molecule has 3 heterocycles. The first-order chi connectivity index (χ1) is 13.7. The number of halogens is 2. The largest absolute Gasteiger partial charge is 0.350 e. The molecule has 0 atom stereocenters. The molecule has 0 unspecified atom stereocenters. The van der Waals surface area contributed by atoms with Crippen LogP contribution < -0.4 is 5.32 Å². The highest BCUT2D eigenvalue weighted by molar-refractivity contribution is 8.24. The molecule has 1 aliphatic heterocycles. The Labute approximate surface area is 173 Å². The number of hydrogen-bond donors (Lipinski definition) is 3. The first-order valence-corrected chi connectivity index (χ1v) is 11.2. The maximum Gasteiger partial charge on any atom is 0.257 e. The van der Waals surface area contributed by atoms with Gasteiger partial charge in [-0.1, -0.05) is 11.6 Å². The standard InChI is InChI=1S/C19H20ClFN4O3S/c1-24-5-4-13-17(24)14(19(26)25-6-8-29(27,28)9-7-25)11-22-18(13)23-16-3-2-12(20)10-15(16)21/h2-5,10-11,27-28H,6-9H2,1H3,(H,22,23). The number of anilines is 2. The summed E-state index contributed by atoms with van der Waals surface area (Å²) >= 11 is 5.81. The Balaban J connectivity index is 1.68. The van der Waals surface area contributed by atoms with E-state index >= 15 is 0 Å². The van der Waals surface area contributed by atoms with Crippen molar-refractivity contribution < 1.29 is 18.3 Å². The van der Waals surface area contributed by atoms with Crippen LogP contribution in [0, 0.1) is 5.82 Å². The third kappa shape index (κ3) is 3.91. The van der Waals surface area contributed by atoms with Gasteiger partial charge in [0.1, 0.15) is 11.6 Å². The van der Waals surface area contributed by atoms with E-state index in [1.54, 1.807) is 17.2 Å². The van der Waals surface area contributed by atoms with Gasteiger partial charge in [0.2, 0.25) is 0 Å². The number of pyridine rings is 1. The predicted molar refractivity (Wildman–Crippen MR) is 114 cm³/mol. The summed E-state index contributed by atoms with van der Waals surface area (Å²) in [4.78, 5) is 19.0. The SMILES string of the molecule is Cn1ccc2c(Nc3ccc(Cl)cc3F)ncc(C(=O)N3CCS(O)(O)CC3)c21. The van der Waals surface area contributed by atoms with Crippen molar-refractivity contribution in [3.8, 4) is 0 Å². The van der Waals surface area contributed by atoms with Crippen molar-refractivity contribution >= 4 is 50.5 Å². The molecule has 0 saturated carbocycles. The van der Waals surface area contributed by atoms with Crippen molar-refractivity contribution in [2.24, 2.45) is 7.05 Å². The van der Waals surface area contributed by atoms with Crippen LogP contribution in [-0.4, -0.2) is 54.1 Å². The lowest BCUT2D eigenvalue weighted by atomic mass is 10.1. The van der Waals surface area contributed by atoms with E-state index in [9.17, 15) is 18.3 Å². The van der Waals surface area contributed by atoms with Gasteiger partial charge in [-0.3, -0.25) is 13.9 Å². The van der Waals surface area contributed by atoms with Gasteiger partial charge in [-0.05, 0) is 24.3 Å². The van der Waals surface area contributed by atoms with Crippen molar-refractivity contribution in [3.05, 3.63) is 53.1 Å². The molecule has 3 aromatic rings. The Bertz CT molecular complexity index is 1090. The van der Waals surface area contributed by atoms with Crippen LogP contribution in [0.1, 0.15) is 10.4 Å². The van der Waals surface area contributed by atoms with E-state index in [1.807, 2.05) is 17.7 Å². The second-order valence-corrected chi connectivity index (χ2v) is 9.82. The fourth-order valence-electron chi connectivity index (χ4n) is 3.39. The van der Waals surface area contributed by atoms with E-state index < -0.39 is 16.4 Å². The molecular formula is C19H20ClFN4O3S. The van der Waals surface area contributed by atoms with Crippen LogP contribution in [-0.2, 0) is 7.05 Å². The van der Waals surface area contributed by atoms with Crippen LogP contribution in [0.2, 0.25) is 5.02 Å². The van der Waals surface area contributed by atoms with Crippen molar-refractivity contribution in [2.45, 2.75) is 0 Å². The van der Waals surface area contributed by atoms with Crippen LogP contribution in [0.15, 0.2) is 36.7 Å². The fourth-order valence-corrected chi connectivity index (χ4v) is 4.78. The number of carbonyl (C=O) groups is 1. The Morgan fingerprint density at radius 2 is 2.00 bits per heavy atom. The highest BCUT2D eigenvalue weighted by atomic mass is 35.5. The summed E-state index contributed by atoms with van der Waals surface area (Å²) in [6.07, 6.45) is 3.27. The number of rotatable bonds is 3. The summed E-state index contributed by atoms with van der Waals surface area (Å²) in [5.41, 5.74) is 1.31. The molecule has 7 nitrogen and oxygen atoms in total. The first kappa shape index (κ1) is 20.0. The summed E-state index contributed by atoms with van der Waals surface area (Å²) in [6.45, 7) is 0.562. The van der Waals surface area contributed by atoms with Crippen LogP contribution in [0.4, 0.5) is 15.9 Å². The first-order valence-electron chi connectivity index (χ1n) is 8.94. The second kappa shape index (κ2) is 7.49. The Morgan fingerprint density at radius 3 is 2.69 bits per heavy atom. The van der Waals surface area contributed by atoms with Gasteiger partial charge in [0, 0.05) is 42.9 Å². The van der Waals surface area contributed by atoms with E-state index in [0.717, 1.165) is 0 Å². The summed E-state index contributed by atoms with van der Waals surface area (Å²) in [6, 6.07) is 6.12. The molecule has 2 aromatic heterocycles. The molecule has 1 fully saturated rings.